The van der Waals surface area contributed by atoms with Crippen molar-refractivity contribution in [3.05, 3.63) is 170 Å². The van der Waals surface area contributed by atoms with Gasteiger partial charge in [0.05, 0.1) is 0 Å². The van der Waals surface area contributed by atoms with Crippen LogP contribution >= 0.6 is 0 Å². The number of rotatable bonds is 14. The highest BCUT2D eigenvalue weighted by Crippen LogP contribution is 2.25. The van der Waals surface area contributed by atoms with Crippen molar-refractivity contribution < 1.29 is 0 Å². The molecule has 0 radical (unpaired) electrons. The molecule has 0 saturated carbocycles. The first-order valence-electron chi connectivity index (χ1n) is 11.1. The minimum Gasteiger partial charge on any atom is -0.311 e. The quantitative estimate of drug-likeness (QED) is 0.245. The molecule has 0 aliphatic heterocycles. The van der Waals surface area contributed by atoms with Crippen molar-refractivity contribution >= 4 is 0 Å². The third kappa shape index (κ3) is 11.9. The third-order valence-corrected chi connectivity index (χ3v) is 4.28. The summed E-state index contributed by atoms with van der Waals surface area (Å²) < 4.78 is 0. The Morgan fingerprint density at radius 3 is 1.73 bits per heavy atom. The molecule has 0 saturated heterocycles. The number of hydrogen-bond acceptors (Lipinski definition) is 1. The molecule has 0 aromatic carbocycles. The first kappa shape index (κ1) is 29.2. The van der Waals surface area contributed by atoms with E-state index in [-0.39, 0.29) is 0 Å². The summed E-state index contributed by atoms with van der Waals surface area (Å²) in [7, 11) is 0. The molecule has 0 amide bonds. The summed E-state index contributed by atoms with van der Waals surface area (Å²) >= 11 is 0. The molecular weight excluding hydrogens is 398 g/mol. The third-order valence-electron chi connectivity index (χ3n) is 4.28. The van der Waals surface area contributed by atoms with E-state index in [1.165, 1.54) is 0 Å². The molecule has 0 aromatic heterocycles. The molecule has 0 fully saturated rings. The first-order valence-corrected chi connectivity index (χ1v) is 11.1. The Morgan fingerprint density at radius 1 is 0.545 bits per heavy atom. The van der Waals surface area contributed by atoms with Gasteiger partial charge >= 0.3 is 0 Å². The van der Waals surface area contributed by atoms with Crippen LogP contribution in [0.25, 0.3) is 0 Å². The zero-order chi connectivity index (χ0) is 24.9. The second kappa shape index (κ2) is 18.9. The van der Waals surface area contributed by atoms with E-state index in [9.17, 15) is 0 Å². The van der Waals surface area contributed by atoms with Crippen molar-refractivity contribution in [3.8, 4) is 0 Å². The fourth-order valence-electron chi connectivity index (χ4n) is 2.69. The Balaban J connectivity index is 6.33. The van der Waals surface area contributed by atoms with Gasteiger partial charge < -0.3 is 4.90 Å². The van der Waals surface area contributed by atoms with Gasteiger partial charge in [-0.2, -0.15) is 0 Å². The molecule has 1 heteroatoms. The van der Waals surface area contributed by atoms with Gasteiger partial charge in [-0.15, -0.1) is 0 Å². The van der Waals surface area contributed by atoms with Crippen LogP contribution in [0.5, 0.6) is 0 Å². The van der Waals surface area contributed by atoms with Crippen LogP contribution in [0.4, 0.5) is 0 Å². The molecule has 0 heterocycles. The predicted octanol–water partition coefficient (Wildman–Crippen LogP) is 9.40. The molecule has 0 rings (SSSR count). The van der Waals surface area contributed by atoms with Gasteiger partial charge in [0, 0.05) is 17.1 Å². The van der Waals surface area contributed by atoms with Crippen LogP contribution in [0.3, 0.4) is 0 Å². The normalized spacial score (nSPS) is 14.5. The van der Waals surface area contributed by atoms with Crippen molar-refractivity contribution in [1.82, 2.24) is 4.90 Å². The SMILES string of the molecule is C=C/C=C\C(C=CC(=C)/C=C\C(=C/C)N(C(/C=C\C=C)=C/C=C)C(/C=C\C)=C/C=C\C)=C/C. The molecule has 1 nitrogen and oxygen atoms in total. The monoisotopic (exact) mass is 437 g/mol. The Bertz CT molecular complexity index is 958. The number of nitrogens with zero attached hydrogens (tertiary/aromatic N) is 1. The molecule has 172 valence electrons. The summed E-state index contributed by atoms with van der Waals surface area (Å²) in [6, 6.07) is 0. The summed E-state index contributed by atoms with van der Waals surface area (Å²) in [6.07, 6.45) is 37.6. The van der Waals surface area contributed by atoms with Gasteiger partial charge in [-0.05, 0) is 69.2 Å². The van der Waals surface area contributed by atoms with E-state index >= 15 is 0 Å². The molecular formula is C32H39N. The van der Waals surface area contributed by atoms with Gasteiger partial charge in [0.2, 0.25) is 0 Å². The Morgan fingerprint density at radius 2 is 1.18 bits per heavy atom. The van der Waals surface area contributed by atoms with Crippen molar-refractivity contribution in [3.63, 3.8) is 0 Å². The summed E-state index contributed by atoms with van der Waals surface area (Å²) in [5.41, 5.74) is 4.96. The van der Waals surface area contributed by atoms with Crippen molar-refractivity contribution in [1.29, 1.82) is 0 Å². The van der Waals surface area contributed by atoms with Crippen LogP contribution < -0.4 is 0 Å². The predicted molar refractivity (Wildman–Crippen MR) is 151 cm³/mol. The van der Waals surface area contributed by atoms with E-state index in [2.05, 4.69) is 55.5 Å². The molecule has 0 aliphatic rings. The van der Waals surface area contributed by atoms with Crippen molar-refractivity contribution in [2.45, 2.75) is 27.7 Å². The molecule has 0 N–H and O–H groups in total. The van der Waals surface area contributed by atoms with E-state index in [4.69, 9.17) is 0 Å². The summed E-state index contributed by atoms with van der Waals surface area (Å²) in [5.74, 6) is 0. The average molecular weight is 438 g/mol. The van der Waals surface area contributed by atoms with Crippen molar-refractivity contribution in [2.24, 2.45) is 0 Å². The summed E-state index contributed by atoms with van der Waals surface area (Å²) in [6.45, 7) is 23.6. The number of allylic oxidation sites excluding steroid dienone is 21. The van der Waals surface area contributed by atoms with Crippen LogP contribution in [0, 0.1) is 0 Å². The molecule has 0 spiro atoms. The van der Waals surface area contributed by atoms with Gasteiger partial charge in [0.1, 0.15) is 0 Å². The largest absolute Gasteiger partial charge is 0.311 e. The van der Waals surface area contributed by atoms with Crippen molar-refractivity contribution in [2.75, 3.05) is 0 Å². The van der Waals surface area contributed by atoms with Crippen LogP contribution in [0.1, 0.15) is 27.7 Å². The van der Waals surface area contributed by atoms with Crippen LogP contribution in [0.2, 0.25) is 0 Å². The van der Waals surface area contributed by atoms with E-state index < -0.39 is 0 Å². The lowest BCUT2D eigenvalue weighted by Gasteiger charge is -2.28. The van der Waals surface area contributed by atoms with Gasteiger partial charge in [0.15, 0.2) is 0 Å². The molecule has 0 bridgehead atoms. The summed E-state index contributed by atoms with van der Waals surface area (Å²) in [4.78, 5) is 2.17. The fourth-order valence-corrected chi connectivity index (χ4v) is 2.69. The van der Waals surface area contributed by atoms with E-state index in [0.717, 1.165) is 28.2 Å². The maximum Gasteiger partial charge on any atom is 0.0461 e. The Labute approximate surface area is 202 Å². The fraction of sp³-hybridized carbons (Fsp3) is 0.125. The lowest BCUT2D eigenvalue weighted by molar-refractivity contribution is 0.576. The molecule has 0 aliphatic carbocycles. The minimum absolute atomic E-state index is 0.890. The highest BCUT2D eigenvalue weighted by molar-refractivity contribution is 5.44. The maximum atomic E-state index is 4.18. The topological polar surface area (TPSA) is 3.24 Å². The zero-order valence-corrected chi connectivity index (χ0v) is 20.7. The minimum atomic E-state index is 0.890. The highest BCUT2D eigenvalue weighted by atomic mass is 15.2. The average Bonchev–Trinajstić information content (AvgIpc) is 2.82. The standard InChI is InChI=1S/C32H39N/c1-9-16-21-29(14-6)26-24-28(8)25-27-30(15-7)33(31(19-12-4)22-17-10-2)32(20-13-5)23-18-11-3/h9-27H,1-2,4,8H2,3,5-7H3/b18-11-,20-13-,21-16-,22-17-,26-24?,27-25-,29-14+,30-15+,31-19+,32-23+. The molecule has 0 atom stereocenters. The van der Waals surface area contributed by atoms with E-state index in [1.54, 1.807) is 18.2 Å². The molecule has 33 heavy (non-hydrogen) atoms. The maximum absolute atomic E-state index is 4.18. The Hall–Kier alpha value is -3.84. The molecule has 0 aromatic rings. The van der Waals surface area contributed by atoms with Crippen LogP contribution in [0.15, 0.2) is 170 Å². The van der Waals surface area contributed by atoms with E-state index in [0.29, 0.717) is 0 Å². The summed E-state index contributed by atoms with van der Waals surface area (Å²) in [5, 5.41) is 0. The van der Waals surface area contributed by atoms with Crippen LogP contribution in [-0.2, 0) is 0 Å². The second-order valence-corrected chi connectivity index (χ2v) is 6.71. The highest BCUT2D eigenvalue weighted by Gasteiger charge is 2.13. The van der Waals surface area contributed by atoms with Gasteiger partial charge in [-0.25, -0.2) is 0 Å². The lowest BCUT2D eigenvalue weighted by atomic mass is 10.1. The van der Waals surface area contributed by atoms with Crippen LogP contribution in [-0.4, -0.2) is 4.90 Å². The number of hydrogen-bond donors (Lipinski definition) is 0. The Kier molecular flexibility index (Phi) is 16.7. The molecule has 0 unspecified atom stereocenters. The smallest absolute Gasteiger partial charge is 0.0461 e. The van der Waals surface area contributed by atoms with Gasteiger partial charge in [0.25, 0.3) is 0 Å². The van der Waals surface area contributed by atoms with Gasteiger partial charge in [-0.3, -0.25) is 0 Å². The lowest BCUT2D eigenvalue weighted by Crippen LogP contribution is -2.19. The second-order valence-electron chi connectivity index (χ2n) is 6.71. The van der Waals surface area contributed by atoms with E-state index in [1.807, 2.05) is 101 Å². The first-order chi connectivity index (χ1) is 16.0. The van der Waals surface area contributed by atoms with Gasteiger partial charge in [-0.1, -0.05) is 111 Å². The zero-order valence-electron chi connectivity index (χ0n) is 20.7.